The maximum Gasteiger partial charge on any atom is 0.387 e. The number of guanidine groups is 1. The van der Waals surface area contributed by atoms with Gasteiger partial charge >= 0.3 is 6.61 Å². The van der Waals surface area contributed by atoms with Gasteiger partial charge in [0, 0.05) is 13.5 Å². The van der Waals surface area contributed by atoms with Crippen LogP contribution >= 0.6 is 0 Å². The highest BCUT2D eigenvalue weighted by Crippen LogP contribution is 2.40. The molecule has 0 radical (unpaired) electrons. The number of ether oxygens (including phenoxy) is 1. The zero-order chi connectivity index (χ0) is 21.3. The van der Waals surface area contributed by atoms with E-state index in [1.807, 2.05) is 30.3 Å². The van der Waals surface area contributed by atoms with E-state index in [0.29, 0.717) is 17.5 Å². The van der Waals surface area contributed by atoms with Crippen LogP contribution in [0.15, 0.2) is 76.3 Å². The summed E-state index contributed by atoms with van der Waals surface area (Å²) in [6.07, 6.45) is 2.14. The summed E-state index contributed by atoms with van der Waals surface area (Å²) in [5, 5.41) is 0. The number of rotatable bonds is 6. The molecule has 30 heavy (non-hydrogen) atoms. The molecular formula is C22H19F2N3O3. The number of hydrogen-bond donors (Lipinski definition) is 1. The molecule has 4 rings (SSSR count). The van der Waals surface area contributed by atoms with Crippen LogP contribution in [0.4, 0.5) is 8.78 Å². The number of nitrogens with zero attached hydrogens (tertiary/aromatic N) is 2. The van der Waals surface area contributed by atoms with Gasteiger partial charge in [0.1, 0.15) is 11.5 Å². The molecule has 0 saturated carbocycles. The Balaban J connectivity index is 1.79. The van der Waals surface area contributed by atoms with Crippen LogP contribution in [0.1, 0.15) is 22.5 Å². The second kappa shape index (κ2) is 7.62. The van der Waals surface area contributed by atoms with Crippen LogP contribution in [-0.4, -0.2) is 30.4 Å². The second-order valence-electron chi connectivity index (χ2n) is 6.90. The molecule has 1 aromatic heterocycles. The molecule has 0 spiro atoms. The first-order valence-corrected chi connectivity index (χ1v) is 9.21. The SMILES string of the molecule is CN1C(=O)C(c2ccc(OC(F)F)cc2)(c2cccc(Cc3ccco3)c2)N=C1N. The highest BCUT2D eigenvalue weighted by Gasteiger charge is 2.49. The van der Waals surface area contributed by atoms with E-state index in [4.69, 9.17) is 10.2 Å². The lowest BCUT2D eigenvalue weighted by Gasteiger charge is -2.26. The minimum absolute atomic E-state index is 0.00813. The van der Waals surface area contributed by atoms with Crippen molar-refractivity contribution < 1.29 is 22.7 Å². The lowest BCUT2D eigenvalue weighted by atomic mass is 9.82. The van der Waals surface area contributed by atoms with E-state index < -0.39 is 12.2 Å². The molecule has 1 unspecified atom stereocenters. The normalized spacial score (nSPS) is 18.7. The smallest absolute Gasteiger partial charge is 0.387 e. The number of aliphatic imine (C=N–C) groups is 1. The lowest BCUT2D eigenvalue weighted by Crippen LogP contribution is -2.41. The largest absolute Gasteiger partial charge is 0.469 e. The van der Waals surface area contributed by atoms with Gasteiger partial charge in [0.2, 0.25) is 0 Å². The Morgan fingerprint density at radius 3 is 2.50 bits per heavy atom. The number of hydrogen-bond acceptors (Lipinski definition) is 5. The third kappa shape index (κ3) is 3.41. The predicted molar refractivity (Wildman–Crippen MR) is 106 cm³/mol. The molecule has 8 heteroatoms. The molecule has 1 aliphatic heterocycles. The molecular weight excluding hydrogens is 392 g/mol. The highest BCUT2D eigenvalue weighted by molar-refractivity contribution is 6.08. The zero-order valence-corrected chi connectivity index (χ0v) is 16.1. The number of furan rings is 1. The first-order chi connectivity index (χ1) is 14.4. The van der Waals surface area contributed by atoms with Gasteiger partial charge in [-0.25, -0.2) is 4.99 Å². The number of likely N-dealkylation sites (N-methyl/N-ethyl adjacent to an activating group) is 1. The maximum absolute atomic E-state index is 13.3. The van der Waals surface area contributed by atoms with Crippen LogP contribution in [0.2, 0.25) is 0 Å². The molecule has 0 fully saturated rings. The molecule has 0 bridgehead atoms. The standard InChI is InChI=1S/C22H19F2N3O3/c1-27-19(28)22(26-21(27)25,15-7-9-17(10-8-15)30-20(23)24)16-5-2-4-14(12-16)13-18-6-3-11-29-18/h2-12,20H,13H2,1H3,(H2,25,26). The van der Waals surface area contributed by atoms with Gasteiger partial charge in [0.25, 0.3) is 5.91 Å². The number of nitrogens with two attached hydrogens (primary N) is 1. The fourth-order valence-corrected chi connectivity index (χ4v) is 3.58. The van der Waals surface area contributed by atoms with Crippen molar-refractivity contribution in [2.75, 3.05) is 7.05 Å². The quantitative estimate of drug-likeness (QED) is 0.673. The molecule has 6 nitrogen and oxygen atoms in total. The number of carbonyl (C=O) groups is 1. The fourth-order valence-electron chi connectivity index (χ4n) is 3.58. The Labute approximate surface area is 171 Å². The first kappa shape index (κ1) is 19.6. The van der Waals surface area contributed by atoms with E-state index in [9.17, 15) is 13.6 Å². The van der Waals surface area contributed by atoms with E-state index in [-0.39, 0.29) is 17.6 Å². The van der Waals surface area contributed by atoms with Gasteiger partial charge < -0.3 is 14.9 Å². The predicted octanol–water partition coefficient (Wildman–Crippen LogP) is 3.50. The summed E-state index contributed by atoms with van der Waals surface area (Å²) in [5.41, 5.74) is 6.60. The Morgan fingerprint density at radius 1 is 1.13 bits per heavy atom. The fraction of sp³-hybridized carbons (Fsp3) is 0.182. The summed E-state index contributed by atoms with van der Waals surface area (Å²) >= 11 is 0. The van der Waals surface area contributed by atoms with E-state index in [0.717, 1.165) is 11.3 Å². The van der Waals surface area contributed by atoms with Crippen LogP contribution in [0.3, 0.4) is 0 Å². The Hall–Kier alpha value is -3.68. The minimum Gasteiger partial charge on any atom is -0.469 e. The minimum atomic E-state index is -2.93. The number of alkyl halides is 2. The van der Waals surface area contributed by atoms with Crippen molar-refractivity contribution >= 4 is 11.9 Å². The Morgan fingerprint density at radius 2 is 1.90 bits per heavy atom. The van der Waals surface area contributed by atoms with Crippen molar-refractivity contribution in [3.63, 3.8) is 0 Å². The molecule has 0 aliphatic carbocycles. The molecule has 2 aromatic carbocycles. The molecule has 1 atom stereocenters. The van der Waals surface area contributed by atoms with Crippen LogP contribution in [0.25, 0.3) is 0 Å². The lowest BCUT2D eigenvalue weighted by molar-refractivity contribution is -0.129. The zero-order valence-electron chi connectivity index (χ0n) is 16.1. The Kier molecular flexibility index (Phi) is 4.99. The van der Waals surface area contributed by atoms with Gasteiger partial charge in [0.05, 0.1) is 6.26 Å². The van der Waals surface area contributed by atoms with E-state index >= 15 is 0 Å². The molecule has 154 valence electrons. The summed E-state index contributed by atoms with van der Waals surface area (Å²) in [6, 6.07) is 17.0. The van der Waals surface area contributed by atoms with E-state index in [2.05, 4.69) is 9.73 Å². The van der Waals surface area contributed by atoms with E-state index in [1.54, 1.807) is 31.5 Å². The summed E-state index contributed by atoms with van der Waals surface area (Å²) < 4.78 is 34.8. The average Bonchev–Trinajstić information content (AvgIpc) is 3.31. The monoisotopic (exact) mass is 411 g/mol. The molecule has 1 aliphatic rings. The topological polar surface area (TPSA) is 81.1 Å². The molecule has 0 saturated heterocycles. The summed E-state index contributed by atoms with van der Waals surface area (Å²) in [5.74, 6) is 0.515. The third-order valence-electron chi connectivity index (χ3n) is 5.04. The molecule has 2 heterocycles. The van der Waals surface area contributed by atoms with Crippen molar-refractivity contribution in [3.8, 4) is 5.75 Å². The maximum atomic E-state index is 13.3. The Bertz CT molecular complexity index is 1080. The van der Waals surface area contributed by atoms with Crippen molar-refractivity contribution in [2.24, 2.45) is 10.7 Å². The number of halogens is 2. The third-order valence-corrected chi connectivity index (χ3v) is 5.04. The van der Waals surface area contributed by atoms with Crippen LogP contribution in [0.5, 0.6) is 5.75 Å². The highest BCUT2D eigenvalue weighted by atomic mass is 19.3. The van der Waals surface area contributed by atoms with Crippen molar-refractivity contribution in [1.82, 2.24) is 4.90 Å². The number of carbonyl (C=O) groups excluding carboxylic acids is 1. The van der Waals surface area contributed by atoms with Crippen molar-refractivity contribution in [3.05, 3.63) is 89.4 Å². The van der Waals surface area contributed by atoms with Crippen molar-refractivity contribution in [1.29, 1.82) is 0 Å². The summed E-state index contributed by atoms with van der Waals surface area (Å²) in [6.45, 7) is -2.93. The van der Waals surface area contributed by atoms with Gasteiger partial charge in [0.15, 0.2) is 11.5 Å². The van der Waals surface area contributed by atoms with Crippen molar-refractivity contribution in [2.45, 2.75) is 18.6 Å². The van der Waals surface area contributed by atoms with Gasteiger partial charge in [-0.3, -0.25) is 9.69 Å². The summed E-state index contributed by atoms with van der Waals surface area (Å²) in [7, 11) is 1.55. The van der Waals surface area contributed by atoms with E-state index in [1.165, 1.54) is 17.0 Å². The summed E-state index contributed by atoms with van der Waals surface area (Å²) in [4.78, 5) is 19.1. The molecule has 1 amide bonds. The molecule has 3 aromatic rings. The van der Waals surface area contributed by atoms with Crippen LogP contribution in [0, 0.1) is 0 Å². The first-order valence-electron chi connectivity index (χ1n) is 9.21. The average molecular weight is 411 g/mol. The van der Waals surface area contributed by atoms with Gasteiger partial charge in [-0.1, -0.05) is 36.4 Å². The van der Waals surface area contributed by atoms with Crippen LogP contribution < -0.4 is 10.5 Å². The number of benzene rings is 2. The van der Waals surface area contributed by atoms with Crippen LogP contribution in [-0.2, 0) is 16.8 Å². The van der Waals surface area contributed by atoms with Gasteiger partial charge in [-0.2, -0.15) is 8.78 Å². The number of amides is 1. The molecule has 2 N–H and O–H groups in total. The van der Waals surface area contributed by atoms with Gasteiger partial charge in [-0.15, -0.1) is 0 Å². The second-order valence-corrected chi connectivity index (χ2v) is 6.90. The van der Waals surface area contributed by atoms with Gasteiger partial charge in [-0.05, 0) is 41.0 Å².